The number of benzene rings is 5. The number of hydrogen-bond donors (Lipinski definition) is 0. The Balaban J connectivity index is 1.46. The number of hydrogen-bond acceptors (Lipinski definition) is 1. The molecule has 0 aliphatic carbocycles. The van der Waals surface area contributed by atoms with Crippen LogP contribution in [-0.4, -0.2) is 38.7 Å². The molecular formula is C36H38NP3. The summed E-state index contributed by atoms with van der Waals surface area (Å²) < 4.78 is 0. The molecule has 0 saturated heterocycles. The Labute approximate surface area is 244 Å². The molecule has 0 atom stereocenters. The van der Waals surface area contributed by atoms with Crippen LogP contribution >= 0.6 is 23.8 Å². The Kier molecular flexibility index (Phi) is 10.6. The fourth-order valence-corrected chi connectivity index (χ4v) is 14.0. The van der Waals surface area contributed by atoms with Crippen molar-refractivity contribution < 1.29 is 0 Å². The summed E-state index contributed by atoms with van der Waals surface area (Å²) in [5.74, 6) is 0. The van der Waals surface area contributed by atoms with Crippen LogP contribution in [0.4, 0.5) is 5.69 Å². The first kappa shape index (κ1) is 28.7. The van der Waals surface area contributed by atoms with Crippen molar-refractivity contribution in [3.05, 3.63) is 146 Å². The number of para-hydroxylation sites is 1. The van der Waals surface area contributed by atoms with E-state index in [1.165, 1.54) is 51.6 Å². The normalized spacial score (nSPS) is 11.3. The van der Waals surface area contributed by atoms with Gasteiger partial charge in [0.1, 0.15) is 0 Å². The summed E-state index contributed by atoms with van der Waals surface area (Å²) >= 11 is 0. The summed E-state index contributed by atoms with van der Waals surface area (Å²) in [6.45, 7) is 0. The molecule has 0 N–H and O–H groups in total. The van der Waals surface area contributed by atoms with Crippen LogP contribution in [0.3, 0.4) is 0 Å². The summed E-state index contributed by atoms with van der Waals surface area (Å²) in [6, 6.07) is 53.9. The molecule has 4 heteroatoms. The van der Waals surface area contributed by atoms with Crippen molar-refractivity contribution in [2.24, 2.45) is 0 Å². The number of anilines is 1. The monoisotopic (exact) mass is 577 g/mol. The minimum atomic E-state index is -0.405. The molecule has 1 nitrogen and oxygen atoms in total. The van der Waals surface area contributed by atoms with Crippen molar-refractivity contribution in [3.8, 4) is 0 Å². The quantitative estimate of drug-likeness (QED) is 0.143. The first-order valence-electron chi connectivity index (χ1n) is 14.0. The van der Waals surface area contributed by atoms with E-state index in [4.69, 9.17) is 0 Å². The van der Waals surface area contributed by atoms with Crippen molar-refractivity contribution in [1.29, 1.82) is 0 Å². The van der Waals surface area contributed by atoms with Gasteiger partial charge in [0.2, 0.25) is 0 Å². The van der Waals surface area contributed by atoms with E-state index in [9.17, 15) is 0 Å². The second-order valence-corrected chi connectivity index (χ2v) is 17.1. The molecule has 0 heterocycles. The van der Waals surface area contributed by atoms with Crippen LogP contribution in [0.5, 0.6) is 0 Å². The highest BCUT2D eigenvalue weighted by atomic mass is 31.1. The zero-order valence-corrected chi connectivity index (χ0v) is 26.2. The molecule has 0 unspecified atom stereocenters. The van der Waals surface area contributed by atoms with Gasteiger partial charge in [-0.05, 0) is 73.1 Å². The predicted molar refractivity (Wildman–Crippen MR) is 185 cm³/mol. The predicted octanol–water partition coefficient (Wildman–Crippen LogP) is 7.13. The molecule has 0 spiro atoms. The van der Waals surface area contributed by atoms with E-state index in [1.54, 1.807) is 5.30 Å². The Bertz CT molecular complexity index is 1260. The molecule has 0 aliphatic rings. The van der Waals surface area contributed by atoms with Crippen LogP contribution in [0, 0.1) is 0 Å². The maximum absolute atomic E-state index is 2.40. The van der Waals surface area contributed by atoms with Gasteiger partial charge in [0.05, 0.1) is 0 Å². The molecule has 40 heavy (non-hydrogen) atoms. The molecule has 5 aromatic carbocycles. The van der Waals surface area contributed by atoms with Gasteiger partial charge in [-0.1, -0.05) is 147 Å². The van der Waals surface area contributed by atoms with Gasteiger partial charge in [0, 0.05) is 19.8 Å². The number of nitrogens with zero attached hydrogens (tertiary/aromatic N) is 1. The van der Waals surface area contributed by atoms with Gasteiger partial charge in [-0.2, -0.15) is 0 Å². The zero-order valence-electron chi connectivity index (χ0n) is 23.5. The third kappa shape index (κ3) is 7.47. The number of rotatable bonds is 12. The van der Waals surface area contributed by atoms with Crippen molar-refractivity contribution in [2.45, 2.75) is 0 Å². The fraction of sp³-hybridized carbons (Fsp3) is 0.167. The molecule has 0 amide bonds. The Morgan fingerprint density at radius 1 is 0.400 bits per heavy atom. The van der Waals surface area contributed by atoms with Crippen LogP contribution in [0.25, 0.3) is 0 Å². The van der Waals surface area contributed by atoms with Gasteiger partial charge in [-0.3, -0.25) is 0 Å². The SMILES string of the molecule is CN(C)c1ccccc1P(CCP(c1ccccc1)c1ccccc1)CCP(c1ccccc1)c1ccccc1. The third-order valence-corrected chi connectivity index (χ3v) is 15.5. The van der Waals surface area contributed by atoms with Gasteiger partial charge < -0.3 is 4.90 Å². The molecule has 5 aromatic rings. The molecule has 0 aromatic heterocycles. The molecule has 5 rings (SSSR count). The van der Waals surface area contributed by atoms with Gasteiger partial charge in [0.15, 0.2) is 0 Å². The second-order valence-electron chi connectivity index (χ2n) is 10.0. The van der Waals surface area contributed by atoms with E-state index >= 15 is 0 Å². The fourth-order valence-electron chi connectivity index (χ4n) is 5.15. The van der Waals surface area contributed by atoms with Gasteiger partial charge in [-0.25, -0.2) is 0 Å². The van der Waals surface area contributed by atoms with Crippen LogP contribution in [0.15, 0.2) is 146 Å². The van der Waals surface area contributed by atoms with E-state index in [2.05, 4.69) is 165 Å². The lowest BCUT2D eigenvalue weighted by Crippen LogP contribution is -2.23. The minimum absolute atomic E-state index is 0.345. The van der Waals surface area contributed by atoms with E-state index < -0.39 is 15.8 Å². The van der Waals surface area contributed by atoms with Crippen LogP contribution in [-0.2, 0) is 0 Å². The maximum atomic E-state index is 2.40. The van der Waals surface area contributed by atoms with E-state index in [1.807, 2.05) is 0 Å². The van der Waals surface area contributed by atoms with Gasteiger partial charge in [-0.15, -0.1) is 0 Å². The van der Waals surface area contributed by atoms with Crippen LogP contribution in [0.2, 0.25) is 0 Å². The van der Waals surface area contributed by atoms with E-state index in [-0.39, 0.29) is 7.92 Å². The maximum Gasteiger partial charge on any atom is 0.0439 e. The van der Waals surface area contributed by atoms with E-state index in [0.717, 1.165) is 0 Å². The Morgan fingerprint density at radius 3 is 1.07 bits per heavy atom. The highest BCUT2D eigenvalue weighted by Gasteiger charge is 2.22. The Morgan fingerprint density at radius 2 is 0.725 bits per heavy atom. The highest BCUT2D eigenvalue weighted by molar-refractivity contribution is 7.76. The summed E-state index contributed by atoms with van der Waals surface area (Å²) in [7, 11) is 3.22. The molecule has 0 aliphatic heterocycles. The standard InChI is InChI=1S/C36H38NP3/c1-37(2)35-25-15-16-26-36(35)38(27-29-39(31-17-7-3-8-18-31)32-19-9-4-10-20-32)28-30-40(33-21-11-5-12-22-33)34-23-13-6-14-24-34/h3-26H,27-30H2,1-2H3. The first-order chi connectivity index (χ1) is 19.7. The molecule has 0 radical (unpaired) electrons. The first-order valence-corrected chi connectivity index (χ1v) is 18.7. The van der Waals surface area contributed by atoms with Crippen molar-refractivity contribution in [3.63, 3.8) is 0 Å². The van der Waals surface area contributed by atoms with Gasteiger partial charge in [0.25, 0.3) is 0 Å². The Hall–Kier alpha value is -2.81. The lowest BCUT2D eigenvalue weighted by Gasteiger charge is -2.28. The smallest absolute Gasteiger partial charge is 0.0439 e. The van der Waals surface area contributed by atoms with Gasteiger partial charge >= 0.3 is 0 Å². The highest BCUT2D eigenvalue weighted by Crippen LogP contribution is 2.46. The van der Waals surface area contributed by atoms with Crippen molar-refractivity contribution in [2.75, 3.05) is 43.6 Å². The van der Waals surface area contributed by atoms with Crippen LogP contribution in [0.1, 0.15) is 0 Å². The molecule has 0 bridgehead atoms. The third-order valence-electron chi connectivity index (χ3n) is 7.16. The lowest BCUT2D eigenvalue weighted by molar-refractivity contribution is 1.14. The average Bonchev–Trinajstić information content (AvgIpc) is 3.02. The lowest BCUT2D eigenvalue weighted by atomic mass is 10.3. The van der Waals surface area contributed by atoms with Crippen molar-refractivity contribution >= 4 is 56.0 Å². The summed E-state index contributed by atoms with van der Waals surface area (Å²) in [6.07, 6.45) is 4.90. The van der Waals surface area contributed by atoms with Crippen molar-refractivity contribution in [1.82, 2.24) is 0 Å². The summed E-state index contributed by atoms with van der Waals surface area (Å²) in [5, 5.41) is 7.48. The van der Waals surface area contributed by atoms with E-state index in [0.29, 0.717) is 0 Å². The second kappa shape index (κ2) is 14.7. The molecule has 0 fully saturated rings. The largest absolute Gasteiger partial charge is 0.377 e. The van der Waals surface area contributed by atoms with Crippen LogP contribution < -0.4 is 31.4 Å². The topological polar surface area (TPSA) is 3.24 Å². The molecule has 0 saturated carbocycles. The molecule has 202 valence electrons. The summed E-state index contributed by atoms with van der Waals surface area (Å²) in [4.78, 5) is 2.30. The average molecular weight is 578 g/mol. The minimum Gasteiger partial charge on any atom is -0.377 e. The zero-order chi connectivity index (χ0) is 27.6. The summed E-state index contributed by atoms with van der Waals surface area (Å²) in [5.41, 5.74) is 1.38. The molecular weight excluding hydrogens is 539 g/mol.